The first-order chi connectivity index (χ1) is 8.88. The van der Waals surface area contributed by atoms with Gasteiger partial charge in [-0.15, -0.1) is 13.2 Å². The predicted octanol–water partition coefficient (Wildman–Crippen LogP) is 3.31. The minimum absolute atomic E-state index is 0.000995. The van der Waals surface area contributed by atoms with Crippen LogP contribution in [0.2, 0.25) is 0 Å². The Morgan fingerprint density at radius 2 is 1.95 bits per heavy atom. The molecule has 2 rings (SSSR count). The molecule has 0 saturated heterocycles. The molecule has 1 aliphatic rings. The number of rotatable bonds is 3. The number of hydrogen-bond donors (Lipinski definition) is 1. The summed E-state index contributed by atoms with van der Waals surface area (Å²) in [4.78, 5) is 0. The first-order valence-corrected chi connectivity index (χ1v) is 5.82. The lowest BCUT2D eigenvalue weighted by molar-refractivity contribution is -0.275. The molecule has 0 amide bonds. The molecule has 6 heteroatoms. The van der Waals surface area contributed by atoms with E-state index in [2.05, 4.69) is 4.74 Å². The van der Waals surface area contributed by atoms with Crippen molar-refractivity contribution in [3.63, 3.8) is 0 Å². The molecule has 1 aliphatic carbocycles. The van der Waals surface area contributed by atoms with Crippen LogP contribution < -0.4 is 4.74 Å². The largest absolute Gasteiger partial charge is 0.573 e. The number of aliphatic hydroxyl groups is 1. The Labute approximate surface area is 108 Å². The molecule has 1 atom stereocenters. The number of hydrogen-bond acceptors (Lipinski definition) is 3. The van der Waals surface area contributed by atoms with E-state index in [1.165, 1.54) is 18.2 Å². The molecule has 3 nitrogen and oxygen atoms in total. The standard InChI is InChI=1S/C13H12F3NO2/c14-13(15,16)19-10-5-2-1-4-9(10)11(18)12(8-17)6-3-7-12/h1-2,4-5,11,18H,3,6-7H2. The Hall–Kier alpha value is -1.74. The lowest BCUT2D eigenvalue weighted by atomic mass is 9.64. The van der Waals surface area contributed by atoms with Gasteiger partial charge in [-0.05, 0) is 18.9 Å². The third kappa shape index (κ3) is 2.66. The second-order valence-electron chi connectivity index (χ2n) is 4.61. The monoisotopic (exact) mass is 271 g/mol. The second-order valence-corrected chi connectivity index (χ2v) is 4.61. The van der Waals surface area contributed by atoms with Gasteiger partial charge in [-0.2, -0.15) is 5.26 Å². The fourth-order valence-corrected chi connectivity index (χ4v) is 2.23. The van der Waals surface area contributed by atoms with E-state index < -0.39 is 23.6 Å². The van der Waals surface area contributed by atoms with Gasteiger partial charge in [-0.25, -0.2) is 0 Å². The number of nitriles is 1. The highest BCUT2D eigenvalue weighted by molar-refractivity contribution is 5.38. The second kappa shape index (κ2) is 4.74. The van der Waals surface area contributed by atoms with Gasteiger partial charge in [0, 0.05) is 5.56 Å². The van der Waals surface area contributed by atoms with E-state index in [1.807, 2.05) is 6.07 Å². The molecule has 0 aliphatic heterocycles. The lowest BCUT2D eigenvalue weighted by Gasteiger charge is -2.39. The average Bonchev–Trinajstić information content (AvgIpc) is 2.26. The molecule has 19 heavy (non-hydrogen) atoms. The van der Waals surface area contributed by atoms with Crippen LogP contribution in [-0.4, -0.2) is 11.5 Å². The van der Waals surface area contributed by atoms with E-state index in [1.54, 1.807) is 0 Å². The summed E-state index contributed by atoms with van der Waals surface area (Å²) in [6.45, 7) is 0. The van der Waals surface area contributed by atoms with Crippen LogP contribution in [-0.2, 0) is 0 Å². The van der Waals surface area contributed by atoms with E-state index in [-0.39, 0.29) is 5.56 Å². The molecule has 0 bridgehead atoms. The molecule has 0 heterocycles. The molecule has 1 unspecified atom stereocenters. The first-order valence-electron chi connectivity index (χ1n) is 5.82. The smallest absolute Gasteiger partial charge is 0.405 e. The first kappa shape index (κ1) is 13.7. The summed E-state index contributed by atoms with van der Waals surface area (Å²) in [5, 5.41) is 19.3. The van der Waals surface area contributed by atoms with E-state index in [9.17, 15) is 18.3 Å². The maximum Gasteiger partial charge on any atom is 0.573 e. The summed E-state index contributed by atoms with van der Waals surface area (Å²) in [5.74, 6) is -0.455. The zero-order valence-electron chi connectivity index (χ0n) is 9.94. The number of para-hydroxylation sites is 1. The molecule has 1 fully saturated rings. The summed E-state index contributed by atoms with van der Waals surface area (Å²) < 4.78 is 40.8. The SMILES string of the molecule is N#CC1(C(O)c2ccccc2OC(F)(F)F)CCC1. The molecule has 0 aromatic heterocycles. The van der Waals surface area contributed by atoms with Crippen molar-refractivity contribution >= 4 is 0 Å². The van der Waals surface area contributed by atoms with Gasteiger partial charge >= 0.3 is 6.36 Å². The van der Waals surface area contributed by atoms with Crippen LogP contribution in [0.25, 0.3) is 0 Å². The van der Waals surface area contributed by atoms with Gasteiger partial charge in [-0.3, -0.25) is 0 Å². The summed E-state index contributed by atoms with van der Waals surface area (Å²) in [5.41, 5.74) is -0.994. The Bertz CT molecular complexity index is 503. The van der Waals surface area contributed by atoms with Gasteiger partial charge in [0.25, 0.3) is 0 Å². The van der Waals surface area contributed by atoms with Crippen molar-refractivity contribution in [3.05, 3.63) is 29.8 Å². The van der Waals surface area contributed by atoms with Crippen molar-refractivity contribution in [3.8, 4) is 11.8 Å². The van der Waals surface area contributed by atoms with Gasteiger partial charge in [0.1, 0.15) is 11.9 Å². The zero-order chi connectivity index (χ0) is 14.1. The highest BCUT2D eigenvalue weighted by Gasteiger charge is 2.46. The van der Waals surface area contributed by atoms with Crippen LogP contribution in [0.1, 0.15) is 30.9 Å². The molecule has 0 spiro atoms. The normalized spacial score (nSPS) is 19.1. The number of benzene rings is 1. The van der Waals surface area contributed by atoms with Gasteiger partial charge in [-0.1, -0.05) is 24.6 Å². The topological polar surface area (TPSA) is 53.2 Å². The van der Waals surface area contributed by atoms with Crippen LogP contribution in [0, 0.1) is 16.7 Å². The summed E-state index contributed by atoms with van der Waals surface area (Å²) in [7, 11) is 0. The van der Waals surface area contributed by atoms with Gasteiger partial charge in [0.05, 0.1) is 11.5 Å². The van der Waals surface area contributed by atoms with Crippen LogP contribution in [0.5, 0.6) is 5.75 Å². The third-order valence-corrected chi connectivity index (χ3v) is 3.43. The Balaban J connectivity index is 2.32. The molecular weight excluding hydrogens is 259 g/mol. The van der Waals surface area contributed by atoms with Crippen molar-refractivity contribution in [2.45, 2.75) is 31.7 Å². The maximum absolute atomic E-state index is 12.3. The summed E-state index contributed by atoms with van der Waals surface area (Å²) in [6, 6.07) is 7.39. The maximum atomic E-state index is 12.3. The molecule has 1 aromatic rings. The Morgan fingerprint density at radius 3 is 2.42 bits per heavy atom. The number of nitrogens with zero attached hydrogens (tertiary/aromatic N) is 1. The van der Waals surface area contributed by atoms with E-state index in [0.717, 1.165) is 12.5 Å². The third-order valence-electron chi connectivity index (χ3n) is 3.43. The molecule has 1 saturated carbocycles. The van der Waals surface area contributed by atoms with Crippen LogP contribution >= 0.6 is 0 Å². The fourth-order valence-electron chi connectivity index (χ4n) is 2.23. The average molecular weight is 271 g/mol. The van der Waals surface area contributed by atoms with Crippen LogP contribution in [0.4, 0.5) is 13.2 Å². The van der Waals surface area contributed by atoms with E-state index in [4.69, 9.17) is 5.26 Å². The molecule has 0 radical (unpaired) electrons. The van der Waals surface area contributed by atoms with Crippen LogP contribution in [0.15, 0.2) is 24.3 Å². The predicted molar refractivity (Wildman–Crippen MR) is 60.0 cm³/mol. The van der Waals surface area contributed by atoms with Crippen molar-refractivity contribution in [2.75, 3.05) is 0 Å². The van der Waals surface area contributed by atoms with E-state index in [0.29, 0.717) is 12.8 Å². The van der Waals surface area contributed by atoms with Gasteiger partial charge in [0.15, 0.2) is 0 Å². The number of alkyl halides is 3. The molecule has 102 valence electrons. The fraction of sp³-hybridized carbons (Fsp3) is 0.462. The van der Waals surface area contributed by atoms with Crippen molar-refractivity contribution in [1.29, 1.82) is 5.26 Å². The van der Waals surface area contributed by atoms with E-state index >= 15 is 0 Å². The van der Waals surface area contributed by atoms with Gasteiger partial charge in [0.2, 0.25) is 0 Å². The van der Waals surface area contributed by atoms with Crippen LogP contribution in [0.3, 0.4) is 0 Å². The summed E-state index contributed by atoms with van der Waals surface area (Å²) >= 11 is 0. The minimum Gasteiger partial charge on any atom is -0.405 e. The highest BCUT2D eigenvalue weighted by atomic mass is 19.4. The number of aliphatic hydroxyl groups excluding tert-OH is 1. The molecular formula is C13H12F3NO2. The quantitative estimate of drug-likeness (QED) is 0.917. The molecule has 1 N–H and O–H groups in total. The van der Waals surface area contributed by atoms with Crippen molar-refractivity contribution in [2.24, 2.45) is 5.41 Å². The highest BCUT2D eigenvalue weighted by Crippen LogP contribution is 2.51. The lowest BCUT2D eigenvalue weighted by Crippen LogP contribution is -2.35. The summed E-state index contributed by atoms with van der Waals surface area (Å²) in [6.07, 6.45) is -4.36. The van der Waals surface area contributed by atoms with Crippen molar-refractivity contribution in [1.82, 2.24) is 0 Å². The Kier molecular flexibility index (Phi) is 3.42. The van der Waals surface area contributed by atoms with Crippen molar-refractivity contribution < 1.29 is 23.0 Å². The minimum atomic E-state index is -4.82. The Morgan fingerprint density at radius 1 is 1.32 bits per heavy atom. The molecule has 1 aromatic carbocycles. The number of halogens is 3. The zero-order valence-corrected chi connectivity index (χ0v) is 9.94. The van der Waals surface area contributed by atoms with Gasteiger partial charge < -0.3 is 9.84 Å². The number of ether oxygens (including phenoxy) is 1.